The Balaban J connectivity index is 1.30. The first-order valence-electron chi connectivity index (χ1n) is 10.2. The summed E-state index contributed by atoms with van der Waals surface area (Å²) in [5, 5.41) is 32.4. The lowest BCUT2D eigenvalue weighted by Gasteiger charge is -2.18. The number of fused-ring (bicyclic) bond motifs is 3. The highest BCUT2D eigenvalue weighted by Gasteiger charge is 2.29. The van der Waals surface area contributed by atoms with Gasteiger partial charge in [-0.25, -0.2) is 9.78 Å². The van der Waals surface area contributed by atoms with Gasteiger partial charge in [0.1, 0.15) is 18.3 Å². The number of aromatic nitrogens is 2. The summed E-state index contributed by atoms with van der Waals surface area (Å²) in [7, 11) is 0. The number of carbonyl (C=O) groups excluding carboxylic acids is 1. The van der Waals surface area contributed by atoms with E-state index in [9.17, 15) is 24.9 Å². The van der Waals surface area contributed by atoms with Crippen molar-refractivity contribution in [3.8, 4) is 17.0 Å². The molecule has 2 unspecified atom stereocenters. The second-order valence-electron chi connectivity index (χ2n) is 7.52. The van der Waals surface area contributed by atoms with Gasteiger partial charge in [-0.2, -0.15) is 0 Å². The molecule has 5 N–H and O–H groups in total. The number of rotatable bonds is 7. The molecule has 1 aliphatic rings. The summed E-state index contributed by atoms with van der Waals surface area (Å²) in [4.78, 5) is 29.6. The van der Waals surface area contributed by atoms with E-state index >= 15 is 0 Å². The largest absolute Gasteiger partial charge is 0.493 e. The summed E-state index contributed by atoms with van der Waals surface area (Å²) >= 11 is 0. The molecule has 1 amide bonds. The smallest absolute Gasteiger partial charge is 0.407 e. The van der Waals surface area contributed by atoms with E-state index in [4.69, 9.17) is 4.74 Å². The lowest BCUT2D eigenvalue weighted by Crippen LogP contribution is -2.32. The third-order valence-electron chi connectivity index (χ3n) is 5.58. The van der Waals surface area contributed by atoms with E-state index in [0.717, 1.165) is 28.6 Å². The van der Waals surface area contributed by atoms with Crippen molar-refractivity contribution >= 4 is 6.09 Å². The number of nitrogens with zero attached hydrogens (tertiary/aromatic N) is 1. The monoisotopic (exact) mass is 437 g/mol. The summed E-state index contributed by atoms with van der Waals surface area (Å²) < 4.78 is 5.41. The standard InChI is InChI=1S/C23H23N3O6/c27-18(20(28)19-21(29)25-12-26-22(19)30)9-10-24-23(31)32-11-17-15-7-3-1-5-13(15)14-6-2-4-8-16(14)17/h1-8,12,17-18,20,27-28H,9-11H2,(H,24,31)(H2,25,26,29,30). The van der Waals surface area contributed by atoms with Gasteiger partial charge < -0.3 is 30.4 Å². The van der Waals surface area contributed by atoms with Crippen LogP contribution in [0.1, 0.15) is 35.1 Å². The number of H-pyrrole nitrogens is 1. The van der Waals surface area contributed by atoms with Crippen LogP contribution in [-0.2, 0) is 4.74 Å². The maximum absolute atomic E-state index is 12.2. The molecule has 1 heterocycles. The summed E-state index contributed by atoms with van der Waals surface area (Å²) in [6.07, 6.45) is -2.80. The van der Waals surface area contributed by atoms with Gasteiger partial charge in [0.15, 0.2) is 0 Å². The lowest BCUT2D eigenvalue weighted by atomic mass is 9.98. The van der Waals surface area contributed by atoms with Gasteiger partial charge in [-0.05, 0) is 28.7 Å². The Hall–Kier alpha value is -3.69. The van der Waals surface area contributed by atoms with Gasteiger partial charge in [0, 0.05) is 12.5 Å². The number of hydrogen-bond acceptors (Lipinski definition) is 7. The maximum Gasteiger partial charge on any atom is 0.407 e. The van der Waals surface area contributed by atoms with E-state index in [1.54, 1.807) is 0 Å². The molecule has 9 heteroatoms. The fraction of sp³-hybridized carbons (Fsp3) is 0.261. The van der Waals surface area contributed by atoms with E-state index < -0.39 is 35.3 Å². The minimum absolute atomic E-state index is 0.00612. The molecule has 1 aromatic heterocycles. The molecule has 0 saturated heterocycles. The average molecular weight is 437 g/mol. The van der Waals surface area contributed by atoms with E-state index in [2.05, 4.69) is 15.3 Å². The average Bonchev–Trinajstić information content (AvgIpc) is 3.11. The Labute approximate surface area is 183 Å². The van der Waals surface area contributed by atoms with Crippen molar-refractivity contribution < 1.29 is 24.9 Å². The molecule has 0 bridgehead atoms. The molecule has 0 saturated carbocycles. The third kappa shape index (κ3) is 4.20. The molecule has 32 heavy (non-hydrogen) atoms. The SMILES string of the molecule is O=C(NCCC(O)C(O)c1c(O)nc[nH]c1=O)OCC1c2ccccc2-c2ccccc21. The summed E-state index contributed by atoms with van der Waals surface area (Å²) in [5.74, 6) is -0.731. The first kappa shape index (κ1) is 21.5. The first-order valence-corrected chi connectivity index (χ1v) is 10.2. The van der Waals surface area contributed by atoms with Gasteiger partial charge in [0.2, 0.25) is 5.88 Å². The van der Waals surface area contributed by atoms with Gasteiger partial charge in [0.05, 0.1) is 12.4 Å². The van der Waals surface area contributed by atoms with Crippen LogP contribution in [0.15, 0.2) is 59.7 Å². The zero-order chi connectivity index (χ0) is 22.7. The summed E-state index contributed by atoms with van der Waals surface area (Å²) in [6, 6.07) is 16.0. The third-order valence-corrected chi connectivity index (χ3v) is 5.58. The van der Waals surface area contributed by atoms with Crippen LogP contribution in [0.2, 0.25) is 0 Å². The molecule has 3 aromatic rings. The predicted octanol–water partition coefficient (Wildman–Crippen LogP) is 1.80. The van der Waals surface area contributed by atoms with Gasteiger partial charge in [-0.1, -0.05) is 48.5 Å². The van der Waals surface area contributed by atoms with Crippen LogP contribution in [0.3, 0.4) is 0 Å². The van der Waals surface area contributed by atoms with Crippen molar-refractivity contribution in [1.29, 1.82) is 0 Å². The molecule has 166 valence electrons. The Kier molecular flexibility index (Phi) is 6.20. The summed E-state index contributed by atoms with van der Waals surface area (Å²) in [6.45, 7) is 0.151. The van der Waals surface area contributed by atoms with Crippen LogP contribution >= 0.6 is 0 Å². The van der Waals surface area contributed by atoms with Gasteiger partial charge in [-0.15, -0.1) is 0 Å². The second-order valence-corrected chi connectivity index (χ2v) is 7.52. The highest BCUT2D eigenvalue weighted by molar-refractivity contribution is 5.79. The number of aromatic hydroxyl groups is 1. The number of amides is 1. The fourth-order valence-electron chi connectivity index (χ4n) is 3.99. The van der Waals surface area contributed by atoms with Crippen LogP contribution in [0, 0.1) is 0 Å². The van der Waals surface area contributed by atoms with Crippen LogP contribution in [0.5, 0.6) is 5.88 Å². The van der Waals surface area contributed by atoms with Crippen LogP contribution in [0.25, 0.3) is 11.1 Å². The fourth-order valence-corrected chi connectivity index (χ4v) is 3.99. The van der Waals surface area contributed by atoms with E-state index in [1.807, 2.05) is 48.5 Å². The van der Waals surface area contributed by atoms with Crippen molar-refractivity contribution in [2.75, 3.05) is 13.2 Å². The molecule has 0 radical (unpaired) electrons. The molecule has 0 aliphatic heterocycles. The Bertz CT molecular complexity index is 1130. The van der Waals surface area contributed by atoms with Crippen LogP contribution in [-0.4, -0.2) is 50.6 Å². The number of alkyl carbamates (subject to hydrolysis) is 1. The molecule has 2 aromatic carbocycles. The molecular formula is C23H23N3O6. The number of aromatic amines is 1. The van der Waals surface area contributed by atoms with E-state index in [-0.39, 0.29) is 25.5 Å². The minimum Gasteiger partial charge on any atom is -0.493 e. The quantitative estimate of drug-likeness (QED) is 0.379. The number of aliphatic hydroxyl groups excluding tert-OH is 2. The number of nitrogens with one attached hydrogen (secondary N) is 2. The van der Waals surface area contributed by atoms with E-state index in [1.165, 1.54) is 0 Å². The van der Waals surface area contributed by atoms with Crippen molar-refractivity contribution in [2.45, 2.75) is 24.5 Å². The number of aliphatic hydroxyl groups is 2. The number of benzene rings is 2. The second kappa shape index (κ2) is 9.21. The maximum atomic E-state index is 12.2. The highest BCUT2D eigenvalue weighted by Crippen LogP contribution is 2.44. The van der Waals surface area contributed by atoms with Crippen molar-refractivity contribution in [3.63, 3.8) is 0 Å². The summed E-state index contributed by atoms with van der Waals surface area (Å²) in [5.41, 5.74) is 3.27. The highest BCUT2D eigenvalue weighted by atomic mass is 16.5. The molecule has 1 aliphatic carbocycles. The Morgan fingerprint density at radius 1 is 1.09 bits per heavy atom. The van der Waals surface area contributed by atoms with Gasteiger partial charge >= 0.3 is 6.09 Å². The van der Waals surface area contributed by atoms with Gasteiger partial charge in [0.25, 0.3) is 5.56 Å². The van der Waals surface area contributed by atoms with Gasteiger partial charge in [-0.3, -0.25) is 4.79 Å². The number of hydrogen-bond donors (Lipinski definition) is 5. The molecular weight excluding hydrogens is 414 g/mol. The van der Waals surface area contributed by atoms with Crippen molar-refractivity contribution in [2.24, 2.45) is 0 Å². The molecule has 9 nitrogen and oxygen atoms in total. The van der Waals surface area contributed by atoms with Crippen LogP contribution < -0.4 is 10.9 Å². The van der Waals surface area contributed by atoms with E-state index in [0.29, 0.717) is 0 Å². The number of ether oxygens (including phenoxy) is 1. The Morgan fingerprint density at radius 3 is 2.34 bits per heavy atom. The zero-order valence-electron chi connectivity index (χ0n) is 17.1. The molecule has 4 rings (SSSR count). The first-order chi connectivity index (χ1) is 15.5. The molecule has 2 atom stereocenters. The number of carbonyl (C=O) groups is 1. The molecule has 0 spiro atoms. The van der Waals surface area contributed by atoms with Crippen molar-refractivity contribution in [1.82, 2.24) is 15.3 Å². The predicted molar refractivity (Wildman–Crippen MR) is 115 cm³/mol. The zero-order valence-corrected chi connectivity index (χ0v) is 17.1. The lowest BCUT2D eigenvalue weighted by molar-refractivity contribution is 0.0111. The van der Waals surface area contributed by atoms with Crippen LogP contribution in [0.4, 0.5) is 4.79 Å². The topological polar surface area (TPSA) is 145 Å². The minimum atomic E-state index is -1.66. The van der Waals surface area contributed by atoms with Crippen molar-refractivity contribution in [3.05, 3.63) is 81.9 Å². The molecule has 0 fully saturated rings. The Morgan fingerprint density at radius 2 is 1.72 bits per heavy atom. The normalized spacial score (nSPS) is 14.3.